The zero-order valence-corrected chi connectivity index (χ0v) is 47.0. The molecular weight excluding hydrogens is 1010 g/mol. The number of nitrogens with zero attached hydrogens (tertiary/aromatic N) is 5. The van der Waals surface area contributed by atoms with Crippen molar-refractivity contribution in [2.24, 2.45) is 5.92 Å². The van der Waals surface area contributed by atoms with Gasteiger partial charge in [0.1, 0.15) is 0 Å². The molecule has 9 aromatic carbocycles. The van der Waals surface area contributed by atoms with Crippen molar-refractivity contribution < 1.29 is 0 Å². The molecule has 3 heterocycles. The quantitative estimate of drug-likeness (QED) is 0.137. The van der Waals surface area contributed by atoms with Crippen LogP contribution in [0.5, 0.6) is 0 Å². The minimum Gasteiger partial charge on any atom is -0.309 e. The van der Waals surface area contributed by atoms with Gasteiger partial charge in [0.15, 0.2) is 17.5 Å². The maximum Gasteiger partial charge on any atom is 0.164 e. The van der Waals surface area contributed by atoms with Crippen molar-refractivity contribution in [2.45, 2.75) is 52.9 Å². The summed E-state index contributed by atoms with van der Waals surface area (Å²) >= 11 is 0. The largest absolute Gasteiger partial charge is 0.309 e. The zero-order valence-electron chi connectivity index (χ0n) is 47.0. The lowest BCUT2D eigenvalue weighted by molar-refractivity contribution is 0.773. The van der Waals surface area contributed by atoms with Gasteiger partial charge in [-0.2, -0.15) is 0 Å². The fourth-order valence-corrected chi connectivity index (χ4v) is 13.4. The minimum absolute atomic E-state index is 0.289. The number of benzene rings is 9. The molecule has 0 saturated heterocycles. The van der Waals surface area contributed by atoms with Crippen LogP contribution in [-0.4, -0.2) is 24.1 Å². The number of fused-ring (bicyclic) bond motifs is 6. The monoisotopic (exact) mass is 1070 g/mol. The molecule has 83 heavy (non-hydrogen) atoms. The van der Waals surface area contributed by atoms with Gasteiger partial charge >= 0.3 is 0 Å². The van der Waals surface area contributed by atoms with E-state index in [9.17, 15) is 0 Å². The molecule has 12 aromatic rings. The number of aryl methyl sites for hydroxylation is 3. The number of hydrogen-bond donors (Lipinski definition) is 0. The van der Waals surface area contributed by atoms with Gasteiger partial charge in [0.05, 0.1) is 27.8 Å². The van der Waals surface area contributed by atoms with Gasteiger partial charge in [-0.25, -0.2) is 15.0 Å². The minimum atomic E-state index is 0.289. The van der Waals surface area contributed by atoms with E-state index >= 15 is 0 Å². The third-order valence-corrected chi connectivity index (χ3v) is 17.2. The smallest absolute Gasteiger partial charge is 0.164 e. The van der Waals surface area contributed by atoms with Gasteiger partial charge in [-0.15, -0.1) is 0 Å². The number of allylic oxidation sites excluding steroid dienone is 12. The van der Waals surface area contributed by atoms with Crippen molar-refractivity contribution in [3.63, 3.8) is 0 Å². The van der Waals surface area contributed by atoms with E-state index in [2.05, 4.69) is 273 Å². The molecular formula is C78H61N5. The summed E-state index contributed by atoms with van der Waals surface area (Å²) in [6.07, 6.45) is 26.0. The van der Waals surface area contributed by atoms with Crippen LogP contribution in [-0.2, 0) is 0 Å². The summed E-state index contributed by atoms with van der Waals surface area (Å²) in [6.45, 7) is 6.70. The third-order valence-electron chi connectivity index (χ3n) is 17.2. The number of rotatable bonds is 10. The maximum atomic E-state index is 5.44. The van der Waals surface area contributed by atoms with Crippen LogP contribution < -0.4 is 0 Å². The molecule has 3 aliphatic carbocycles. The molecule has 0 radical (unpaired) electrons. The lowest BCUT2D eigenvalue weighted by Crippen LogP contribution is -2.08. The average Bonchev–Trinajstić information content (AvgIpc) is 4.24. The van der Waals surface area contributed by atoms with E-state index in [4.69, 9.17) is 15.0 Å². The Morgan fingerprint density at radius 2 is 0.976 bits per heavy atom. The first-order valence-electron chi connectivity index (χ1n) is 29.3. The molecule has 1 atom stereocenters. The molecule has 3 aliphatic rings. The molecule has 0 N–H and O–H groups in total. The van der Waals surface area contributed by atoms with Crippen molar-refractivity contribution in [3.8, 4) is 67.5 Å². The Kier molecular flexibility index (Phi) is 12.6. The van der Waals surface area contributed by atoms with E-state index in [1.165, 1.54) is 71.5 Å². The topological polar surface area (TPSA) is 48.5 Å². The summed E-state index contributed by atoms with van der Waals surface area (Å²) in [5.41, 5.74) is 24.1. The maximum absolute atomic E-state index is 5.44. The molecule has 0 saturated carbocycles. The number of hydrogen-bond acceptors (Lipinski definition) is 3. The molecule has 0 spiro atoms. The normalized spacial score (nSPS) is 15.1. The van der Waals surface area contributed by atoms with E-state index in [1.54, 1.807) is 0 Å². The van der Waals surface area contributed by atoms with Crippen molar-refractivity contribution in [1.29, 1.82) is 0 Å². The average molecular weight is 1070 g/mol. The second kappa shape index (κ2) is 20.8. The molecule has 5 nitrogen and oxygen atoms in total. The molecule has 3 aromatic heterocycles. The van der Waals surface area contributed by atoms with Crippen LogP contribution in [0.2, 0.25) is 0 Å². The van der Waals surface area contributed by atoms with Gasteiger partial charge in [-0.1, -0.05) is 206 Å². The Morgan fingerprint density at radius 3 is 1.65 bits per heavy atom. The van der Waals surface area contributed by atoms with E-state index in [-0.39, 0.29) is 5.92 Å². The Hall–Kier alpha value is -9.97. The Balaban J connectivity index is 1.06. The molecule has 0 bridgehead atoms. The second-order valence-corrected chi connectivity index (χ2v) is 22.6. The first-order chi connectivity index (χ1) is 40.9. The van der Waals surface area contributed by atoms with Crippen LogP contribution in [0, 0.1) is 26.7 Å². The van der Waals surface area contributed by atoms with Gasteiger partial charge in [0.25, 0.3) is 0 Å². The lowest BCUT2D eigenvalue weighted by Gasteiger charge is -2.24. The number of aromatic nitrogens is 5. The molecule has 0 fully saturated rings. The van der Waals surface area contributed by atoms with Crippen LogP contribution in [0.15, 0.2) is 254 Å². The highest BCUT2D eigenvalue weighted by Gasteiger charge is 2.27. The Morgan fingerprint density at radius 1 is 0.386 bits per heavy atom. The fourth-order valence-electron chi connectivity index (χ4n) is 13.4. The van der Waals surface area contributed by atoms with Crippen molar-refractivity contribution >= 4 is 54.8 Å². The summed E-state index contributed by atoms with van der Waals surface area (Å²) in [6, 6.07) is 71.5. The molecule has 1 unspecified atom stereocenters. The first-order valence-corrected chi connectivity index (χ1v) is 29.3. The predicted octanol–water partition coefficient (Wildman–Crippen LogP) is 20.3. The lowest BCUT2D eigenvalue weighted by atomic mass is 9.84. The van der Waals surface area contributed by atoms with Crippen molar-refractivity contribution in [1.82, 2.24) is 24.1 Å². The van der Waals surface area contributed by atoms with Crippen molar-refractivity contribution in [2.75, 3.05) is 0 Å². The standard InChI is InChI=1S/C78H61N5/c1-50-44-51(2)74(52(3)45-50)61-40-43-72-69(46-61)66-42-41-63(82-70-30-18-16-28-64(70)65-29-17-19-31-71(65)82)49-73(66)83(72)75-67(57-36-32-55(33-37-57)53-20-8-4-9-21-53)47-62(48-68(75)58-38-34-56(35-39-58)54-22-10-5-11-23-54)78-80-76(59-24-12-6-13-25-59)79-77(81-78)60-26-14-7-15-27-60/h4,6,8-10,12-14,16-34,36-49,56H,5,7,11,15,35H2,1-3H3. The van der Waals surface area contributed by atoms with Crippen LogP contribution in [0.3, 0.4) is 0 Å². The highest BCUT2D eigenvalue weighted by molar-refractivity contribution is 6.14. The zero-order chi connectivity index (χ0) is 55.5. The van der Waals surface area contributed by atoms with E-state index in [0.29, 0.717) is 17.5 Å². The summed E-state index contributed by atoms with van der Waals surface area (Å²) in [4.78, 5) is 16.1. The summed E-state index contributed by atoms with van der Waals surface area (Å²) in [5.74, 6) is 2.24. The van der Waals surface area contributed by atoms with Crippen LogP contribution in [0.1, 0.15) is 60.2 Å². The fraction of sp³-hybridized carbons (Fsp3) is 0.115. The SMILES string of the molecule is Cc1cc(C)c(-c2ccc3c(c2)c2ccc(-n4c5ccccc5c5ccccc54)cc2n3-c2c(C3=CCC(C4=CCCC=C4)C=C3)cc(-c3nc(C4=CCCC=C4)nc(-c4ccccc4)n3)cc2-c2ccc(-c3ccccc3)cc2)c(C)c1. The van der Waals surface area contributed by atoms with Crippen molar-refractivity contribution in [3.05, 3.63) is 282 Å². The third kappa shape index (κ3) is 9.01. The first kappa shape index (κ1) is 50.0. The van der Waals surface area contributed by atoms with Gasteiger partial charge in [-0.3, -0.25) is 0 Å². The van der Waals surface area contributed by atoms with Gasteiger partial charge in [0, 0.05) is 61.0 Å². The molecule has 398 valence electrons. The van der Waals surface area contributed by atoms with Gasteiger partial charge in [0.2, 0.25) is 0 Å². The van der Waals surface area contributed by atoms with Gasteiger partial charge < -0.3 is 9.13 Å². The molecule has 15 rings (SSSR count). The van der Waals surface area contributed by atoms with E-state index in [0.717, 1.165) is 99.0 Å². The highest BCUT2D eigenvalue weighted by atomic mass is 15.0. The predicted molar refractivity (Wildman–Crippen MR) is 348 cm³/mol. The second-order valence-electron chi connectivity index (χ2n) is 22.6. The Bertz CT molecular complexity index is 4690. The van der Waals surface area contributed by atoms with Crippen LogP contribution >= 0.6 is 0 Å². The molecule has 0 aliphatic heterocycles. The summed E-state index contributed by atoms with van der Waals surface area (Å²) < 4.78 is 5.03. The molecule has 5 heteroatoms. The number of para-hydroxylation sites is 2. The van der Waals surface area contributed by atoms with Crippen LogP contribution in [0.4, 0.5) is 0 Å². The van der Waals surface area contributed by atoms with E-state index < -0.39 is 0 Å². The Labute approximate surface area is 485 Å². The highest BCUT2D eigenvalue weighted by Crippen LogP contribution is 2.46. The van der Waals surface area contributed by atoms with Gasteiger partial charge in [-0.05, 0) is 151 Å². The molecule has 0 amide bonds. The van der Waals surface area contributed by atoms with E-state index in [1.807, 2.05) is 6.07 Å². The van der Waals surface area contributed by atoms with Crippen LogP contribution in [0.25, 0.3) is 122 Å². The summed E-state index contributed by atoms with van der Waals surface area (Å²) in [7, 11) is 0. The summed E-state index contributed by atoms with van der Waals surface area (Å²) in [5, 5.41) is 4.84.